The van der Waals surface area contributed by atoms with Gasteiger partial charge in [0.2, 0.25) is 70.9 Å². The number of anilines is 6. The van der Waals surface area contributed by atoms with Gasteiger partial charge < -0.3 is 5.32 Å². The second-order valence-electron chi connectivity index (χ2n) is 29.8. The summed E-state index contributed by atoms with van der Waals surface area (Å²) >= 11 is 0. The SMILES string of the molecule is C#Cc1cccc(N2C(=O)C3C4C=CC(C3C2=O)C2C(=O)N(c3ccc(C)c(C(F)(F)F)c3)C(=O)C42)c1.C#Cc1cccc(NC(=O)c2cc(C)cc(N3C(=O)C4C5C=CC(C6C(=O)N(c7cccc(C#C)c7)C(=O)C56)C4C3=O)c2)c1.Cc1ccc(N2C(=O)C3C4C=CC(C5C(=O)N(C)C(=O)C45)C3C2=O)cc1C(F)(F)F. The van der Waals surface area contributed by atoms with Gasteiger partial charge >= 0.3 is 12.4 Å². The summed E-state index contributed by atoms with van der Waals surface area (Å²) in [6, 6.07) is 31.5. The summed E-state index contributed by atoms with van der Waals surface area (Å²) in [4.78, 5) is 181. The number of halogens is 6. The number of allylic oxidation sites excluding steroid dienone is 6. The molecule has 1 N–H and O–H groups in total. The van der Waals surface area contributed by atoms with Crippen molar-refractivity contribution in [3.63, 3.8) is 0 Å². The van der Waals surface area contributed by atoms with Crippen molar-refractivity contribution in [2.45, 2.75) is 33.1 Å². The van der Waals surface area contributed by atoms with Crippen LogP contribution in [0.2, 0.25) is 0 Å². The molecule has 111 heavy (non-hydrogen) atoms. The number of nitrogens with zero attached hydrogens (tertiary/aromatic N) is 6. The molecule has 6 bridgehead atoms. The van der Waals surface area contributed by atoms with E-state index < -0.39 is 195 Å². The molecular formula is C85H61F6N7O13. The van der Waals surface area contributed by atoms with Gasteiger partial charge in [-0.2, -0.15) is 26.3 Å². The largest absolute Gasteiger partial charge is 0.416 e. The summed E-state index contributed by atoms with van der Waals surface area (Å²) in [5.74, 6) is -12.6. The maximum absolute atomic E-state index is 14.0. The normalized spacial score (nSPS) is 29.9. The molecule has 6 aliphatic heterocycles. The molecular weight excluding hydrogens is 1440 g/mol. The maximum atomic E-state index is 14.0. The van der Waals surface area contributed by atoms with Gasteiger partial charge in [-0.25, -0.2) is 14.7 Å². The first-order chi connectivity index (χ1) is 52.8. The standard InChI is InChI=1S/C36H25N3O5.C28H19F3N2O4.C21H17F3N2O4/c1-4-20-8-6-10-23(16-20)37-32(40)22-14-19(3)15-25(18-22)39-35(43)30-26-12-13-27(31(30)36(39)44)29-28(26)33(41)38(34(29)42)24-11-7-9-21(5-2)17-24;1-3-14-5-4-6-15(11-14)32-24(34)20-17-9-10-18(21(20)25(32)35)23-22(17)26(36)33(27(23)37)16-8-7-13(2)19(12-16)28(29,30)31;1-8-3-4-9(7-12(8)21(22,23)24)26-19(29)15-10-5-6-11(16(15)20(26)30)14-13(10)17(27)25(2)18(14)28/h1-2,6-18,26-31H,3H3,(H,37,40);1,4-12,17-18,20-23H,2H3;3-7,10-11,13-16H,1-2H3. The fourth-order valence-corrected chi connectivity index (χ4v) is 19.6. The molecule has 3 saturated carbocycles. The van der Waals surface area contributed by atoms with Gasteiger partial charge in [0.15, 0.2) is 0 Å². The second-order valence-corrected chi connectivity index (χ2v) is 29.8. The Balaban J connectivity index is 0.000000128. The molecule has 0 radical (unpaired) electrons. The summed E-state index contributed by atoms with van der Waals surface area (Å²) in [5.41, 5.74) is 1.83. The van der Waals surface area contributed by atoms with E-state index in [-0.39, 0.29) is 45.6 Å². The average molecular weight is 1500 g/mol. The Bertz CT molecular complexity index is 5390. The Hall–Kier alpha value is -12.9. The first kappa shape index (κ1) is 72.3. The topological polar surface area (TPSA) is 253 Å². The van der Waals surface area contributed by atoms with Crippen molar-refractivity contribution in [2.24, 2.45) is 107 Å². The molecule has 13 amide bonds. The molecule has 15 aliphatic rings. The van der Waals surface area contributed by atoms with Gasteiger partial charge in [-0.05, 0) is 135 Å². The Kier molecular flexibility index (Phi) is 16.9. The number of nitrogens with one attached hydrogen (secondary N) is 1. The molecule has 18 atom stereocenters. The summed E-state index contributed by atoms with van der Waals surface area (Å²) in [6.07, 6.45) is 17.6. The van der Waals surface area contributed by atoms with Crippen LogP contribution in [0.3, 0.4) is 0 Å². The number of hydrogen-bond donors (Lipinski definition) is 1. The predicted molar refractivity (Wildman–Crippen MR) is 385 cm³/mol. The zero-order valence-electron chi connectivity index (χ0n) is 59.0. The molecule has 0 spiro atoms. The number of aryl methyl sites for hydroxylation is 3. The van der Waals surface area contributed by atoms with Crippen LogP contribution in [-0.2, 0) is 69.9 Å². The lowest BCUT2D eigenvalue weighted by atomic mass is 9.54. The van der Waals surface area contributed by atoms with E-state index in [1.54, 1.807) is 116 Å². The molecule has 556 valence electrons. The third-order valence-corrected chi connectivity index (χ3v) is 24.2. The number of imide groups is 6. The highest BCUT2D eigenvalue weighted by Crippen LogP contribution is 2.62. The first-order valence-electron chi connectivity index (χ1n) is 35.5. The maximum Gasteiger partial charge on any atom is 0.416 e. The van der Waals surface area contributed by atoms with Crippen LogP contribution in [-0.4, -0.2) is 88.7 Å². The molecule has 20 nitrogen and oxygen atoms in total. The number of hydrogen-bond acceptors (Lipinski definition) is 13. The van der Waals surface area contributed by atoms with Crippen molar-refractivity contribution >= 4 is 111 Å². The number of carbonyl (C=O) groups is 13. The molecule has 6 heterocycles. The molecule has 18 unspecified atom stereocenters. The molecule has 6 saturated heterocycles. The van der Waals surface area contributed by atoms with Gasteiger partial charge in [-0.1, -0.05) is 84.5 Å². The van der Waals surface area contributed by atoms with Crippen LogP contribution in [0.4, 0.5) is 60.5 Å². The lowest BCUT2D eigenvalue weighted by molar-refractivity contribution is -0.139. The van der Waals surface area contributed by atoms with Crippen molar-refractivity contribution in [1.82, 2.24) is 4.90 Å². The van der Waals surface area contributed by atoms with Crippen molar-refractivity contribution in [3.05, 3.63) is 214 Å². The smallest absolute Gasteiger partial charge is 0.322 e. The highest BCUT2D eigenvalue weighted by atomic mass is 19.4. The lowest BCUT2D eigenvalue weighted by Gasteiger charge is -2.44. The van der Waals surface area contributed by atoms with Gasteiger partial charge in [0, 0.05) is 70.5 Å². The number of alkyl halides is 6. The van der Waals surface area contributed by atoms with Crippen LogP contribution in [0.25, 0.3) is 0 Å². The number of rotatable bonds is 7. The number of benzene rings is 6. The molecule has 21 rings (SSSR count). The zero-order valence-corrected chi connectivity index (χ0v) is 59.0. The second kappa shape index (κ2) is 25.9. The third kappa shape index (κ3) is 10.9. The van der Waals surface area contributed by atoms with E-state index in [2.05, 4.69) is 23.1 Å². The fourth-order valence-electron chi connectivity index (χ4n) is 19.6. The summed E-state index contributed by atoms with van der Waals surface area (Å²) in [7, 11) is 1.39. The van der Waals surface area contributed by atoms with Crippen molar-refractivity contribution < 1.29 is 88.7 Å². The molecule has 26 heteroatoms. The van der Waals surface area contributed by atoms with Crippen LogP contribution < -0.4 is 29.8 Å². The van der Waals surface area contributed by atoms with E-state index in [9.17, 15) is 88.7 Å². The van der Waals surface area contributed by atoms with Crippen LogP contribution >= 0.6 is 0 Å². The minimum atomic E-state index is -4.66. The molecule has 0 aromatic heterocycles. The Morgan fingerprint density at radius 1 is 0.342 bits per heavy atom. The molecule has 6 aromatic rings. The highest BCUT2D eigenvalue weighted by molar-refractivity contribution is 6.29. The Morgan fingerprint density at radius 2 is 0.622 bits per heavy atom. The van der Waals surface area contributed by atoms with E-state index >= 15 is 0 Å². The van der Waals surface area contributed by atoms with Crippen LogP contribution in [0, 0.1) is 164 Å². The van der Waals surface area contributed by atoms with Crippen LogP contribution in [0.15, 0.2) is 164 Å². The summed E-state index contributed by atoms with van der Waals surface area (Å²) in [5, 5.41) is 2.81. The van der Waals surface area contributed by atoms with Crippen LogP contribution in [0.1, 0.15) is 54.9 Å². The van der Waals surface area contributed by atoms with Crippen molar-refractivity contribution in [3.8, 4) is 37.0 Å². The minimum absolute atomic E-state index is 0.0155. The number of amides is 13. The molecule has 6 aromatic carbocycles. The summed E-state index contributed by atoms with van der Waals surface area (Å²) in [6.45, 7) is 4.38. The minimum Gasteiger partial charge on any atom is -0.322 e. The quantitative estimate of drug-likeness (QED) is 0.0677. The third-order valence-electron chi connectivity index (χ3n) is 24.2. The van der Waals surface area contributed by atoms with Gasteiger partial charge in [0.1, 0.15) is 0 Å². The van der Waals surface area contributed by atoms with Crippen LogP contribution in [0.5, 0.6) is 0 Å². The van der Waals surface area contributed by atoms with E-state index in [0.717, 1.165) is 41.5 Å². The first-order valence-corrected chi connectivity index (χ1v) is 35.5. The van der Waals surface area contributed by atoms with Gasteiger partial charge in [-0.3, -0.25) is 77.0 Å². The van der Waals surface area contributed by atoms with E-state index in [4.69, 9.17) is 19.3 Å². The fraction of sp³-hybridized carbons (Fsp3) is 0.282. The van der Waals surface area contributed by atoms with E-state index in [1.807, 2.05) is 12.2 Å². The average Bonchev–Trinajstić information content (AvgIpc) is 1.55. The van der Waals surface area contributed by atoms with Gasteiger partial charge in [0.25, 0.3) is 5.91 Å². The highest BCUT2D eigenvalue weighted by Gasteiger charge is 2.72. The predicted octanol–water partition coefficient (Wildman–Crippen LogP) is 9.83. The van der Waals surface area contributed by atoms with Gasteiger partial charge in [-0.15, -0.1) is 19.3 Å². The van der Waals surface area contributed by atoms with Crippen molar-refractivity contribution in [1.29, 1.82) is 0 Å². The van der Waals surface area contributed by atoms with Crippen molar-refractivity contribution in [2.75, 3.05) is 36.9 Å². The number of terminal acetylenes is 3. The number of likely N-dealkylation sites (tertiary alicyclic amines) is 1. The van der Waals surface area contributed by atoms with E-state index in [0.29, 0.717) is 39.3 Å². The molecule has 9 fully saturated rings. The van der Waals surface area contributed by atoms with E-state index in [1.165, 1.54) is 51.2 Å². The monoisotopic (exact) mass is 1500 g/mol. The lowest BCUT2D eigenvalue weighted by Crippen LogP contribution is -2.50. The summed E-state index contributed by atoms with van der Waals surface area (Å²) < 4.78 is 80.6. The number of carbonyl (C=O) groups excluding carboxylic acids is 13. The van der Waals surface area contributed by atoms with Gasteiger partial charge in [0.05, 0.1) is 111 Å². The zero-order chi connectivity index (χ0) is 78.9. The Labute approximate surface area is 629 Å². The Morgan fingerprint density at radius 3 is 0.928 bits per heavy atom. The molecule has 9 aliphatic carbocycles.